The number of carbonyl (C=O) groups excluding carboxylic acids is 1. The molecule has 1 atom stereocenters. The van der Waals surface area contributed by atoms with E-state index in [1.807, 2.05) is 25.8 Å². The summed E-state index contributed by atoms with van der Waals surface area (Å²) in [6.45, 7) is 6.03. The summed E-state index contributed by atoms with van der Waals surface area (Å²) in [6.07, 6.45) is 0.648. The summed E-state index contributed by atoms with van der Waals surface area (Å²) in [4.78, 5) is 14.0. The van der Waals surface area contributed by atoms with Crippen molar-refractivity contribution in [3.8, 4) is 0 Å². The average Bonchev–Trinajstić information content (AvgIpc) is 2.43. The molecule has 1 rings (SSSR count). The molecular weight excluding hydrogens is 262 g/mol. The fourth-order valence-corrected chi connectivity index (χ4v) is 2.09. The minimum Gasteiger partial charge on any atom is -0.350 e. The van der Waals surface area contributed by atoms with Gasteiger partial charge in [-0.15, -0.1) is 0 Å². The van der Waals surface area contributed by atoms with Crippen LogP contribution in [0.15, 0.2) is 12.1 Å². The van der Waals surface area contributed by atoms with E-state index in [1.165, 1.54) is 12.1 Å². The van der Waals surface area contributed by atoms with Crippen molar-refractivity contribution in [2.24, 2.45) is 0 Å². The van der Waals surface area contributed by atoms with E-state index in [0.717, 1.165) is 6.54 Å². The first-order valence-corrected chi connectivity index (χ1v) is 6.83. The van der Waals surface area contributed by atoms with Crippen molar-refractivity contribution in [1.82, 2.24) is 10.2 Å². The number of nitrogens with one attached hydrogen (secondary N) is 1. The van der Waals surface area contributed by atoms with E-state index in [-0.39, 0.29) is 24.1 Å². The summed E-state index contributed by atoms with van der Waals surface area (Å²) in [5.41, 5.74) is 0.278. The van der Waals surface area contributed by atoms with E-state index in [0.29, 0.717) is 12.0 Å². The van der Waals surface area contributed by atoms with Gasteiger partial charge in [0.2, 0.25) is 5.91 Å². The molecule has 3 nitrogen and oxygen atoms in total. The van der Waals surface area contributed by atoms with Gasteiger partial charge in [-0.2, -0.15) is 0 Å². The van der Waals surface area contributed by atoms with Gasteiger partial charge in [0.25, 0.3) is 0 Å². The van der Waals surface area contributed by atoms with Gasteiger partial charge in [0, 0.05) is 12.1 Å². The zero-order chi connectivity index (χ0) is 15.3. The molecule has 0 aliphatic heterocycles. The Morgan fingerprint density at radius 2 is 2.00 bits per heavy atom. The fourth-order valence-electron chi connectivity index (χ4n) is 2.09. The van der Waals surface area contributed by atoms with Gasteiger partial charge in [-0.25, -0.2) is 8.78 Å². The predicted octanol–water partition coefficient (Wildman–Crippen LogP) is 2.62. The lowest BCUT2D eigenvalue weighted by Gasteiger charge is -2.24. The molecule has 0 aliphatic carbocycles. The van der Waals surface area contributed by atoms with Crippen molar-refractivity contribution in [2.75, 3.05) is 13.6 Å². The fraction of sp³-hybridized carbons (Fsp3) is 0.533. The molecule has 0 saturated heterocycles. The Labute approximate surface area is 119 Å². The quantitative estimate of drug-likeness (QED) is 0.871. The van der Waals surface area contributed by atoms with Gasteiger partial charge < -0.3 is 5.32 Å². The maximum atomic E-state index is 13.8. The lowest BCUT2D eigenvalue weighted by Crippen LogP contribution is -2.44. The molecule has 1 amide bonds. The highest BCUT2D eigenvalue weighted by molar-refractivity contribution is 5.81. The summed E-state index contributed by atoms with van der Waals surface area (Å²) in [7, 11) is 1.85. The van der Waals surface area contributed by atoms with Gasteiger partial charge in [0.15, 0.2) is 0 Å². The van der Waals surface area contributed by atoms with E-state index in [1.54, 1.807) is 6.92 Å². The van der Waals surface area contributed by atoms with Crippen LogP contribution in [0.1, 0.15) is 31.4 Å². The smallest absolute Gasteiger partial charge is 0.237 e. The zero-order valence-corrected chi connectivity index (χ0v) is 12.5. The van der Waals surface area contributed by atoms with Crippen molar-refractivity contribution in [3.63, 3.8) is 0 Å². The molecule has 0 aromatic heterocycles. The molecule has 1 aromatic rings. The molecule has 0 saturated carbocycles. The summed E-state index contributed by atoms with van der Waals surface area (Å²) in [6, 6.07) is 2.32. The van der Waals surface area contributed by atoms with Gasteiger partial charge >= 0.3 is 0 Å². The number of nitrogens with zero attached hydrogens (tertiary/aromatic N) is 1. The second-order valence-electron chi connectivity index (χ2n) is 4.87. The van der Waals surface area contributed by atoms with Crippen molar-refractivity contribution >= 4 is 5.91 Å². The molecule has 0 fully saturated rings. The second kappa shape index (κ2) is 7.33. The van der Waals surface area contributed by atoms with E-state index >= 15 is 0 Å². The molecule has 1 aromatic carbocycles. The predicted molar refractivity (Wildman–Crippen MR) is 75.3 cm³/mol. The van der Waals surface area contributed by atoms with Crippen LogP contribution in [0.2, 0.25) is 0 Å². The average molecular weight is 284 g/mol. The molecule has 1 N–H and O–H groups in total. The monoisotopic (exact) mass is 284 g/mol. The van der Waals surface area contributed by atoms with Crippen LogP contribution in [0.3, 0.4) is 0 Å². The number of hydrogen-bond donors (Lipinski definition) is 1. The van der Waals surface area contributed by atoms with Crippen molar-refractivity contribution in [1.29, 1.82) is 0 Å². The minimum atomic E-state index is -0.634. The minimum absolute atomic E-state index is 0.0904. The largest absolute Gasteiger partial charge is 0.350 e. The summed E-state index contributed by atoms with van der Waals surface area (Å²) in [5, 5.41) is 2.61. The third-order valence-electron chi connectivity index (χ3n) is 3.54. The van der Waals surface area contributed by atoms with Crippen LogP contribution in [0.5, 0.6) is 0 Å². The lowest BCUT2D eigenvalue weighted by atomic mass is 10.1. The Bertz CT molecular complexity index is 477. The Hall–Kier alpha value is -1.49. The van der Waals surface area contributed by atoms with E-state index in [4.69, 9.17) is 0 Å². The van der Waals surface area contributed by atoms with Crippen LogP contribution in [0.25, 0.3) is 0 Å². The molecule has 0 aliphatic rings. The normalized spacial score (nSPS) is 12.6. The molecule has 0 radical (unpaired) electrons. The van der Waals surface area contributed by atoms with Crippen LogP contribution >= 0.6 is 0 Å². The van der Waals surface area contributed by atoms with Crippen LogP contribution in [0, 0.1) is 18.6 Å². The highest BCUT2D eigenvalue weighted by Crippen LogP contribution is 2.16. The number of carbonyl (C=O) groups is 1. The number of likely N-dealkylation sites (N-methyl/N-ethyl adjacent to an activating group) is 1. The summed E-state index contributed by atoms with van der Waals surface area (Å²) >= 11 is 0. The Morgan fingerprint density at radius 3 is 2.55 bits per heavy atom. The molecule has 0 bridgehead atoms. The maximum Gasteiger partial charge on any atom is 0.237 e. The number of hydrogen-bond acceptors (Lipinski definition) is 2. The molecule has 20 heavy (non-hydrogen) atoms. The Balaban J connectivity index is 2.77. The Kier molecular flexibility index (Phi) is 6.07. The van der Waals surface area contributed by atoms with Crippen molar-refractivity contribution in [3.05, 3.63) is 34.9 Å². The SMILES string of the molecule is CCC(C(=O)NCc1c(F)ccc(C)c1F)N(C)CC. The van der Waals surface area contributed by atoms with Gasteiger partial charge in [0.05, 0.1) is 6.04 Å². The van der Waals surface area contributed by atoms with Crippen LogP contribution in [-0.2, 0) is 11.3 Å². The van der Waals surface area contributed by atoms with Gasteiger partial charge in [-0.3, -0.25) is 9.69 Å². The first-order valence-electron chi connectivity index (χ1n) is 6.83. The second-order valence-corrected chi connectivity index (χ2v) is 4.87. The standard InChI is InChI=1S/C15H22F2N2O/c1-5-13(19(4)6-2)15(20)18-9-11-12(16)8-7-10(3)14(11)17/h7-8,13H,5-6,9H2,1-4H3,(H,18,20). The molecule has 0 spiro atoms. The molecule has 112 valence electrons. The van der Waals surface area contributed by atoms with E-state index in [9.17, 15) is 13.6 Å². The van der Waals surface area contributed by atoms with Gasteiger partial charge in [-0.1, -0.05) is 19.9 Å². The molecule has 0 heterocycles. The highest BCUT2D eigenvalue weighted by atomic mass is 19.1. The number of aryl methyl sites for hydroxylation is 1. The number of amides is 1. The first-order chi connectivity index (χ1) is 9.42. The van der Waals surface area contributed by atoms with Gasteiger partial charge in [0.1, 0.15) is 11.6 Å². The topological polar surface area (TPSA) is 32.3 Å². The third kappa shape index (κ3) is 3.76. The molecular formula is C15H22F2N2O. The summed E-state index contributed by atoms with van der Waals surface area (Å²) in [5.74, 6) is -1.44. The van der Waals surface area contributed by atoms with E-state index in [2.05, 4.69) is 5.32 Å². The van der Waals surface area contributed by atoms with Gasteiger partial charge in [-0.05, 0) is 38.6 Å². The number of rotatable bonds is 6. The highest BCUT2D eigenvalue weighted by Gasteiger charge is 2.21. The van der Waals surface area contributed by atoms with Crippen LogP contribution < -0.4 is 5.32 Å². The van der Waals surface area contributed by atoms with E-state index < -0.39 is 11.6 Å². The molecule has 5 heteroatoms. The van der Waals surface area contributed by atoms with Crippen LogP contribution in [-0.4, -0.2) is 30.4 Å². The first kappa shape index (κ1) is 16.6. The zero-order valence-electron chi connectivity index (χ0n) is 12.5. The number of benzene rings is 1. The lowest BCUT2D eigenvalue weighted by molar-refractivity contribution is -0.126. The summed E-state index contributed by atoms with van der Waals surface area (Å²) < 4.78 is 27.4. The van der Waals surface area contributed by atoms with Crippen molar-refractivity contribution in [2.45, 2.75) is 39.8 Å². The third-order valence-corrected chi connectivity index (χ3v) is 3.54. The Morgan fingerprint density at radius 1 is 1.35 bits per heavy atom. The maximum absolute atomic E-state index is 13.8. The van der Waals surface area contributed by atoms with Crippen molar-refractivity contribution < 1.29 is 13.6 Å². The molecule has 1 unspecified atom stereocenters. The number of halogens is 2. The van der Waals surface area contributed by atoms with Crippen LogP contribution in [0.4, 0.5) is 8.78 Å².